The van der Waals surface area contributed by atoms with Crippen molar-refractivity contribution >= 4 is 0 Å². The van der Waals surface area contributed by atoms with E-state index in [4.69, 9.17) is 4.74 Å². The van der Waals surface area contributed by atoms with Crippen LogP contribution in [0.2, 0.25) is 0 Å². The van der Waals surface area contributed by atoms with E-state index in [1.807, 2.05) is 6.92 Å². The van der Waals surface area contributed by atoms with Crippen LogP contribution in [0.1, 0.15) is 25.0 Å². The lowest BCUT2D eigenvalue weighted by Gasteiger charge is -2.09. The highest BCUT2D eigenvalue weighted by molar-refractivity contribution is 5.34. The molecule has 0 aliphatic heterocycles. The van der Waals surface area contributed by atoms with E-state index in [0.717, 1.165) is 24.2 Å². The fourth-order valence-electron chi connectivity index (χ4n) is 1.77. The molecule has 1 heterocycles. The normalized spacial score (nSPS) is 10.9. The first-order valence-electron chi connectivity index (χ1n) is 7.00. The van der Waals surface area contributed by atoms with Crippen molar-refractivity contribution in [3.63, 3.8) is 0 Å². The van der Waals surface area contributed by atoms with E-state index >= 15 is 0 Å². The summed E-state index contributed by atoms with van der Waals surface area (Å²) in [5, 5.41) is 3.32. The summed E-state index contributed by atoms with van der Waals surface area (Å²) in [6.45, 7) is 7.82. The van der Waals surface area contributed by atoms with Gasteiger partial charge in [-0.15, -0.1) is 0 Å². The molecule has 0 saturated carbocycles. The van der Waals surface area contributed by atoms with Gasteiger partial charge in [0.2, 0.25) is 0 Å². The van der Waals surface area contributed by atoms with E-state index in [2.05, 4.69) is 29.1 Å². The summed E-state index contributed by atoms with van der Waals surface area (Å²) >= 11 is 0. The fourth-order valence-corrected chi connectivity index (χ4v) is 1.77. The van der Waals surface area contributed by atoms with Gasteiger partial charge in [-0.1, -0.05) is 19.9 Å². The van der Waals surface area contributed by atoms with Gasteiger partial charge in [-0.3, -0.25) is 0 Å². The number of ether oxygens (including phenoxy) is 1. The second kappa shape index (κ2) is 7.13. The number of hydrogen-bond donors (Lipinski definition) is 1. The molecule has 4 nitrogen and oxygen atoms in total. The summed E-state index contributed by atoms with van der Waals surface area (Å²) in [5.74, 6) is 0.690. The smallest absolute Gasteiger partial charge is 0.321 e. The maximum Gasteiger partial charge on any atom is 0.321 e. The third-order valence-electron chi connectivity index (χ3n) is 2.91. The molecule has 0 radical (unpaired) electrons. The largest absolute Gasteiger partial charge is 0.424 e. The molecule has 2 rings (SSSR count). The third kappa shape index (κ3) is 4.79. The molecule has 0 atom stereocenters. The molecule has 2 aromatic rings. The molecular formula is C16H20FN3O. The van der Waals surface area contributed by atoms with Crippen LogP contribution < -0.4 is 10.1 Å². The van der Waals surface area contributed by atoms with Gasteiger partial charge in [-0.2, -0.15) is 0 Å². The van der Waals surface area contributed by atoms with Crippen LogP contribution in [0.4, 0.5) is 4.39 Å². The number of aromatic nitrogens is 2. The maximum atomic E-state index is 13.2. The van der Waals surface area contributed by atoms with E-state index in [1.54, 1.807) is 18.5 Å². The molecule has 0 spiro atoms. The minimum atomic E-state index is -0.342. The highest BCUT2D eigenvalue weighted by Gasteiger charge is 2.05. The van der Waals surface area contributed by atoms with E-state index in [-0.39, 0.29) is 11.8 Å². The summed E-state index contributed by atoms with van der Waals surface area (Å²) < 4.78 is 18.7. The van der Waals surface area contributed by atoms with E-state index in [0.29, 0.717) is 11.7 Å². The average molecular weight is 289 g/mol. The van der Waals surface area contributed by atoms with Crippen LogP contribution in [0.15, 0.2) is 30.6 Å². The quantitative estimate of drug-likeness (QED) is 0.884. The summed E-state index contributed by atoms with van der Waals surface area (Å²) in [4.78, 5) is 8.29. The van der Waals surface area contributed by atoms with E-state index < -0.39 is 0 Å². The Morgan fingerprint density at radius 1 is 1.24 bits per heavy atom. The molecule has 0 unspecified atom stereocenters. The number of benzene rings is 1. The Labute approximate surface area is 124 Å². The maximum absolute atomic E-state index is 13.2. The molecule has 0 bridgehead atoms. The van der Waals surface area contributed by atoms with Gasteiger partial charge in [0.05, 0.1) is 0 Å². The lowest BCUT2D eigenvalue weighted by atomic mass is 10.2. The van der Waals surface area contributed by atoms with Crippen LogP contribution in [-0.4, -0.2) is 16.5 Å². The van der Waals surface area contributed by atoms with Crippen LogP contribution in [0, 0.1) is 18.7 Å². The zero-order chi connectivity index (χ0) is 15.2. The van der Waals surface area contributed by atoms with Gasteiger partial charge in [0, 0.05) is 30.6 Å². The van der Waals surface area contributed by atoms with Crippen molar-refractivity contribution in [3.8, 4) is 11.8 Å². The first-order chi connectivity index (χ1) is 10.0. The molecule has 1 N–H and O–H groups in total. The van der Waals surface area contributed by atoms with Crippen molar-refractivity contribution in [1.29, 1.82) is 0 Å². The Balaban J connectivity index is 1.97. The SMILES string of the molecule is Cc1ccc(F)cc1Oc1ncc(CNCC(C)C)cn1. The van der Waals surface area contributed by atoms with Crippen LogP contribution in [0.25, 0.3) is 0 Å². The Hall–Kier alpha value is -2.01. The third-order valence-corrected chi connectivity index (χ3v) is 2.91. The van der Waals surface area contributed by atoms with Gasteiger partial charge in [-0.05, 0) is 31.0 Å². The topological polar surface area (TPSA) is 47.0 Å². The first kappa shape index (κ1) is 15.4. The monoisotopic (exact) mass is 289 g/mol. The molecule has 1 aromatic carbocycles. The molecule has 112 valence electrons. The predicted octanol–water partition coefficient (Wildman–Crippen LogP) is 3.46. The molecule has 1 aromatic heterocycles. The average Bonchev–Trinajstić information content (AvgIpc) is 2.44. The van der Waals surface area contributed by atoms with Gasteiger partial charge in [0.15, 0.2) is 0 Å². The highest BCUT2D eigenvalue weighted by atomic mass is 19.1. The van der Waals surface area contributed by atoms with Crippen LogP contribution in [0.3, 0.4) is 0 Å². The van der Waals surface area contributed by atoms with Crippen molar-refractivity contribution in [3.05, 3.63) is 47.5 Å². The molecule has 21 heavy (non-hydrogen) atoms. The van der Waals surface area contributed by atoms with Gasteiger partial charge in [0.25, 0.3) is 0 Å². The zero-order valence-corrected chi connectivity index (χ0v) is 12.6. The van der Waals surface area contributed by atoms with Crippen molar-refractivity contribution < 1.29 is 9.13 Å². The molecule has 5 heteroatoms. The molecule has 0 aliphatic rings. The van der Waals surface area contributed by atoms with Crippen molar-refractivity contribution in [1.82, 2.24) is 15.3 Å². The van der Waals surface area contributed by atoms with Crippen LogP contribution >= 0.6 is 0 Å². The van der Waals surface area contributed by atoms with Gasteiger partial charge >= 0.3 is 6.01 Å². The summed E-state index contributed by atoms with van der Waals surface area (Å²) in [7, 11) is 0. The highest BCUT2D eigenvalue weighted by Crippen LogP contribution is 2.23. The van der Waals surface area contributed by atoms with E-state index in [1.165, 1.54) is 12.1 Å². The fraction of sp³-hybridized carbons (Fsp3) is 0.375. The molecule has 0 aliphatic carbocycles. The number of nitrogens with zero attached hydrogens (tertiary/aromatic N) is 2. The van der Waals surface area contributed by atoms with Crippen LogP contribution in [-0.2, 0) is 6.54 Å². The number of hydrogen-bond acceptors (Lipinski definition) is 4. The summed E-state index contributed by atoms with van der Waals surface area (Å²) in [6, 6.07) is 4.61. The number of aryl methyl sites for hydroxylation is 1. The molecule has 0 amide bonds. The second-order valence-electron chi connectivity index (χ2n) is 5.41. The first-order valence-corrected chi connectivity index (χ1v) is 7.00. The van der Waals surface area contributed by atoms with Gasteiger partial charge in [-0.25, -0.2) is 14.4 Å². The number of nitrogens with one attached hydrogen (secondary N) is 1. The van der Waals surface area contributed by atoms with Gasteiger partial charge in [0.1, 0.15) is 11.6 Å². The van der Waals surface area contributed by atoms with Gasteiger partial charge < -0.3 is 10.1 Å². The second-order valence-corrected chi connectivity index (χ2v) is 5.41. The minimum Gasteiger partial charge on any atom is -0.424 e. The summed E-state index contributed by atoms with van der Waals surface area (Å²) in [5.41, 5.74) is 1.82. The predicted molar refractivity (Wildman–Crippen MR) is 79.8 cm³/mol. The molecule has 0 fully saturated rings. The standard InChI is InChI=1S/C16H20FN3O/c1-11(2)7-18-8-13-9-19-16(20-10-13)21-15-6-14(17)5-4-12(15)3/h4-6,9-11,18H,7-8H2,1-3H3. The number of rotatable bonds is 6. The van der Waals surface area contributed by atoms with Crippen molar-refractivity contribution in [2.45, 2.75) is 27.3 Å². The van der Waals surface area contributed by atoms with Crippen molar-refractivity contribution in [2.75, 3.05) is 6.54 Å². The molecular weight excluding hydrogens is 269 g/mol. The van der Waals surface area contributed by atoms with E-state index in [9.17, 15) is 4.39 Å². The lowest BCUT2D eigenvalue weighted by Crippen LogP contribution is -2.19. The Morgan fingerprint density at radius 3 is 2.62 bits per heavy atom. The lowest BCUT2D eigenvalue weighted by molar-refractivity contribution is 0.433. The Kier molecular flexibility index (Phi) is 5.22. The Bertz CT molecular complexity index is 585. The Morgan fingerprint density at radius 2 is 1.95 bits per heavy atom. The summed E-state index contributed by atoms with van der Waals surface area (Å²) in [6.07, 6.45) is 3.43. The van der Waals surface area contributed by atoms with Crippen molar-refractivity contribution in [2.24, 2.45) is 5.92 Å². The van der Waals surface area contributed by atoms with Crippen LogP contribution in [0.5, 0.6) is 11.8 Å². The minimum absolute atomic E-state index is 0.219. The zero-order valence-electron chi connectivity index (χ0n) is 12.6. The number of halogens is 1. The molecule has 0 saturated heterocycles.